The fourth-order valence-corrected chi connectivity index (χ4v) is 5.12. The summed E-state index contributed by atoms with van der Waals surface area (Å²) in [7, 11) is 1.36. The van der Waals surface area contributed by atoms with E-state index < -0.39 is 0 Å². The van der Waals surface area contributed by atoms with Crippen LogP contribution in [-0.4, -0.2) is 66.6 Å². The number of esters is 1. The summed E-state index contributed by atoms with van der Waals surface area (Å²) in [6.45, 7) is 7.89. The van der Waals surface area contributed by atoms with Crippen molar-refractivity contribution >= 4 is 40.3 Å². The first-order valence-electron chi connectivity index (χ1n) is 12.7. The van der Waals surface area contributed by atoms with Crippen LogP contribution in [0, 0.1) is 5.92 Å². The highest BCUT2D eigenvalue weighted by Crippen LogP contribution is 2.27. The van der Waals surface area contributed by atoms with Crippen molar-refractivity contribution in [2.24, 2.45) is 5.92 Å². The molecule has 2 aromatic rings. The molecule has 2 aromatic carbocycles. The maximum Gasteiger partial charge on any atom is 0.305 e. The zero-order chi connectivity index (χ0) is 25.6. The van der Waals surface area contributed by atoms with Crippen LogP contribution >= 0.6 is 11.8 Å². The van der Waals surface area contributed by atoms with Gasteiger partial charge in [0.05, 0.1) is 13.7 Å². The Morgan fingerprint density at radius 1 is 0.943 bits per heavy atom. The van der Waals surface area contributed by atoms with Crippen LogP contribution in [0.15, 0.2) is 47.4 Å². The molecule has 0 aromatic heterocycles. The van der Waals surface area contributed by atoms with E-state index in [4.69, 9.17) is 4.74 Å². The predicted octanol–water partition coefficient (Wildman–Crippen LogP) is 5.39. The predicted molar refractivity (Wildman–Crippen MR) is 143 cm³/mol. The van der Waals surface area contributed by atoms with Gasteiger partial charge < -0.3 is 14.5 Å². The maximum absolute atomic E-state index is 13.7. The number of likely N-dealkylation sites (N-methyl/N-ethyl adjacent to an activating group) is 1. The fourth-order valence-electron chi connectivity index (χ4n) is 4.04. The average molecular weight is 501 g/mol. The van der Waals surface area contributed by atoms with Gasteiger partial charge in [0.2, 0.25) is 11.8 Å². The van der Waals surface area contributed by atoms with Crippen molar-refractivity contribution in [3.05, 3.63) is 42.5 Å². The Kier molecular flexibility index (Phi) is 12.7. The van der Waals surface area contributed by atoms with E-state index in [1.807, 2.05) is 26.0 Å². The van der Waals surface area contributed by atoms with Crippen LogP contribution in [0.3, 0.4) is 0 Å². The molecule has 0 aliphatic carbocycles. The second-order valence-corrected chi connectivity index (χ2v) is 9.76. The van der Waals surface area contributed by atoms with E-state index in [1.165, 1.54) is 12.5 Å². The molecule has 6 nitrogen and oxygen atoms in total. The Hall–Kier alpha value is -2.54. The first-order valence-corrected chi connectivity index (χ1v) is 13.7. The number of amides is 2. The summed E-state index contributed by atoms with van der Waals surface area (Å²) in [6.07, 6.45) is 3.47. The van der Waals surface area contributed by atoms with Crippen molar-refractivity contribution < 1.29 is 19.1 Å². The number of ether oxygens (including phenoxy) is 1. The normalized spacial score (nSPS) is 11.8. The number of carbonyl (C=O) groups excluding carboxylic acids is 3. The molecule has 2 rings (SSSR count). The van der Waals surface area contributed by atoms with Gasteiger partial charge in [0.25, 0.3) is 0 Å². The zero-order valence-electron chi connectivity index (χ0n) is 21.6. The van der Waals surface area contributed by atoms with Gasteiger partial charge in [-0.25, -0.2) is 0 Å². The molecule has 0 bridgehead atoms. The fraction of sp³-hybridized carbons (Fsp3) is 0.536. The van der Waals surface area contributed by atoms with Crippen molar-refractivity contribution in [3.63, 3.8) is 0 Å². The van der Waals surface area contributed by atoms with Gasteiger partial charge in [-0.2, -0.15) is 0 Å². The second kappa shape index (κ2) is 15.5. The number of fused-ring (bicyclic) bond motifs is 1. The van der Waals surface area contributed by atoms with Crippen LogP contribution < -0.4 is 0 Å². The van der Waals surface area contributed by atoms with Crippen LogP contribution in [0.25, 0.3) is 10.8 Å². The summed E-state index contributed by atoms with van der Waals surface area (Å²) in [5, 5.41) is 2.33. The lowest BCUT2D eigenvalue weighted by atomic mass is 10.0. The molecule has 0 N–H and O–H groups in total. The molecule has 0 saturated carbocycles. The van der Waals surface area contributed by atoms with Crippen LogP contribution in [0.4, 0.5) is 0 Å². The number of unbranched alkanes of at least 4 members (excludes halogenated alkanes) is 2. The Bertz CT molecular complexity index is 961. The molecule has 1 unspecified atom stereocenters. The third-order valence-corrected chi connectivity index (χ3v) is 7.39. The highest BCUT2D eigenvalue weighted by atomic mass is 32.2. The van der Waals surface area contributed by atoms with Gasteiger partial charge in [0.1, 0.15) is 0 Å². The molecule has 0 aliphatic rings. The summed E-state index contributed by atoms with van der Waals surface area (Å²) in [4.78, 5) is 43.0. The summed E-state index contributed by atoms with van der Waals surface area (Å²) in [5.74, 6) is -0.253. The number of hydrogen-bond acceptors (Lipinski definition) is 5. The number of thioether (sulfide) groups is 1. The van der Waals surface area contributed by atoms with Gasteiger partial charge in [-0.1, -0.05) is 50.1 Å². The molecule has 0 spiro atoms. The molecular formula is C28H40N2O4S. The molecule has 192 valence electrons. The van der Waals surface area contributed by atoms with Crippen LogP contribution in [0.2, 0.25) is 0 Å². The molecule has 1 atom stereocenters. The number of nitrogens with zero attached hydrogens (tertiary/aromatic N) is 2. The van der Waals surface area contributed by atoms with Crippen molar-refractivity contribution in [1.29, 1.82) is 0 Å². The van der Waals surface area contributed by atoms with Crippen LogP contribution in [0.5, 0.6) is 0 Å². The minimum absolute atomic E-state index is 0.0336. The van der Waals surface area contributed by atoms with E-state index >= 15 is 0 Å². The van der Waals surface area contributed by atoms with E-state index in [-0.39, 0.29) is 36.7 Å². The lowest BCUT2D eigenvalue weighted by Gasteiger charge is -2.29. The van der Waals surface area contributed by atoms with E-state index in [1.54, 1.807) is 21.6 Å². The standard InChI is InChI=1S/C28H40N2O4S/c1-5-8-11-18-30(20-26(31)29(6-2)7-3)28(33)24(15-17-27(32)34-4)21-35-25-16-14-22-12-9-10-13-23(22)19-25/h9-10,12-14,16,19,24H,5-8,11,15,17-18,20-21H2,1-4H3. The Balaban J connectivity index is 2.19. The molecule has 35 heavy (non-hydrogen) atoms. The number of benzene rings is 2. The number of hydrogen-bond donors (Lipinski definition) is 0. The van der Waals surface area contributed by atoms with E-state index in [2.05, 4.69) is 37.3 Å². The quantitative estimate of drug-likeness (QED) is 0.186. The third kappa shape index (κ3) is 9.21. The van der Waals surface area contributed by atoms with Gasteiger partial charge in [-0.3, -0.25) is 14.4 Å². The van der Waals surface area contributed by atoms with Gasteiger partial charge >= 0.3 is 5.97 Å². The van der Waals surface area contributed by atoms with Crippen molar-refractivity contribution in [2.45, 2.75) is 57.8 Å². The smallest absolute Gasteiger partial charge is 0.305 e. The second-order valence-electron chi connectivity index (χ2n) is 8.66. The molecule has 0 aliphatic heterocycles. The number of methoxy groups -OCH3 is 1. The largest absolute Gasteiger partial charge is 0.469 e. The lowest BCUT2D eigenvalue weighted by Crippen LogP contribution is -2.45. The van der Waals surface area contributed by atoms with Crippen molar-refractivity contribution in [1.82, 2.24) is 9.80 Å². The number of carbonyl (C=O) groups is 3. The summed E-state index contributed by atoms with van der Waals surface area (Å²) < 4.78 is 4.82. The van der Waals surface area contributed by atoms with Gasteiger partial charge in [-0.15, -0.1) is 11.8 Å². The SMILES string of the molecule is CCCCCN(CC(=O)N(CC)CC)C(=O)C(CCC(=O)OC)CSc1ccc2ccccc2c1. The average Bonchev–Trinajstić information content (AvgIpc) is 2.88. The van der Waals surface area contributed by atoms with Crippen molar-refractivity contribution in [2.75, 3.05) is 39.0 Å². The summed E-state index contributed by atoms with van der Waals surface area (Å²) >= 11 is 1.62. The lowest BCUT2D eigenvalue weighted by molar-refractivity contribution is -0.144. The van der Waals surface area contributed by atoms with Gasteiger partial charge in [-0.05, 0) is 49.6 Å². The highest BCUT2D eigenvalue weighted by Gasteiger charge is 2.27. The minimum Gasteiger partial charge on any atom is -0.469 e. The maximum atomic E-state index is 13.7. The molecule has 7 heteroatoms. The van der Waals surface area contributed by atoms with Gasteiger partial charge in [0, 0.05) is 42.6 Å². The number of rotatable bonds is 15. The first-order chi connectivity index (χ1) is 16.9. The van der Waals surface area contributed by atoms with E-state index in [0.29, 0.717) is 31.8 Å². The highest BCUT2D eigenvalue weighted by molar-refractivity contribution is 7.99. The molecule has 0 heterocycles. The monoisotopic (exact) mass is 500 g/mol. The molecule has 2 amide bonds. The summed E-state index contributed by atoms with van der Waals surface area (Å²) in [5.41, 5.74) is 0. The van der Waals surface area contributed by atoms with Gasteiger partial charge in [0.15, 0.2) is 0 Å². The third-order valence-electron chi connectivity index (χ3n) is 6.23. The van der Waals surface area contributed by atoms with Crippen molar-refractivity contribution in [3.8, 4) is 0 Å². The van der Waals surface area contributed by atoms with Crippen LogP contribution in [0.1, 0.15) is 52.9 Å². The first kappa shape index (κ1) is 28.7. The van der Waals surface area contributed by atoms with E-state index in [9.17, 15) is 14.4 Å². The summed E-state index contributed by atoms with van der Waals surface area (Å²) in [6, 6.07) is 14.5. The molecule has 0 saturated heterocycles. The molecule has 0 fully saturated rings. The molecular weight excluding hydrogens is 460 g/mol. The van der Waals surface area contributed by atoms with Crippen LogP contribution in [-0.2, 0) is 19.1 Å². The van der Waals surface area contributed by atoms with E-state index in [0.717, 1.165) is 29.5 Å². The zero-order valence-corrected chi connectivity index (χ0v) is 22.4. The Morgan fingerprint density at radius 3 is 2.31 bits per heavy atom. The Labute approximate surface area is 214 Å². The Morgan fingerprint density at radius 2 is 1.66 bits per heavy atom. The topological polar surface area (TPSA) is 66.9 Å². The minimum atomic E-state index is -0.378. The molecule has 0 radical (unpaired) electrons.